The summed E-state index contributed by atoms with van der Waals surface area (Å²) in [4.78, 5) is 2.05. The first-order valence-corrected chi connectivity index (χ1v) is 6.68. The van der Waals surface area contributed by atoms with Gasteiger partial charge in [0.25, 0.3) is 0 Å². The second kappa shape index (κ2) is 7.31. The molecule has 0 aliphatic carbocycles. The first-order valence-electron chi connectivity index (χ1n) is 6.68. The molecule has 0 unspecified atom stereocenters. The van der Waals surface area contributed by atoms with E-state index in [0.717, 1.165) is 25.9 Å². The fourth-order valence-electron chi connectivity index (χ4n) is 2.50. The number of ether oxygens (including phenoxy) is 1. The lowest BCUT2D eigenvalue weighted by Crippen LogP contribution is -2.35. The van der Waals surface area contributed by atoms with Gasteiger partial charge in [-0.3, -0.25) is 0 Å². The maximum Gasteiger partial charge on any atom is 0.387 e. The van der Waals surface area contributed by atoms with Crippen molar-refractivity contribution in [3.63, 3.8) is 0 Å². The minimum absolute atomic E-state index is 0.105. The smallest absolute Gasteiger partial charge is 0.387 e. The third kappa shape index (κ3) is 4.37. The molecule has 0 N–H and O–H groups in total. The van der Waals surface area contributed by atoms with Crippen LogP contribution in [0.4, 0.5) is 8.78 Å². The predicted molar refractivity (Wildman–Crippen MR) is 73.6 cm³/mol. The fourth-order valence-corrected chi connectivity index (χ4v) is 2.50. The van der Waals surface area contributed by atoms with Crippen LogP contribution in [0.2, 0.25) is 0 Å². The lowest BCUT2D eigenvalue weighted by molar-refractivity contribution is -0.0941. The van der Waals surface area contributed by atoms with E-state index in [-0.39, 0.29) is 5.76 Å². The van der Waals surface area contributed by atoms with Gasteiger partial charge in [0.1, 0.15) is 5.76 Å². The number of alkyl halides is 2. The van der Waals surface area contributed by atoms with Crippen LogP contribution in [0.1, 0.15) is 26.7 Å². The summed E-state index contributed by atoms with van der Waals surface area (Å²) in [6.07, 6.45) is 5.01. The van der Waals surface area contributed by atoms with E-state index in [1.807, 2.05) is 4.90 Å². The van der Waals surface area contributed by atoms with Gasteiger partial charge in [0.05, 0.1) is 5.70 Å². The van der Waals surface area contributed by atoms with E-state index in [4.69, 9.17) is 0 Å². The molecule has 4 heteroatoms. The fraction of sp³-hybridized carbons (Fsp3) is 0.600. The zero-order valence-corrected chi connectivity index (χ0v) is 11.7. The Morgan fingerprint density at radius 3 is 2.16 bits per heavy atom. The maximum atomic E-state index is 12.3. The second-order valence-electron chi connectivity index (χ2n) is 5.10. The molecule has 0 amide bonds. The molecule has 108 valence electrons. The molecule has 0 spiro atoms. The molecule has 0 aromatic heterocycles. The maximum absolute atomic E-state index is 12.3. The summed E-state index contributed by atoms with van der Waals surface area (Å²) in [6.45, 7) is 10.5. The van der Waals surface area contributed by atoms with Crippen LogP contribution in [-0.2, 0) is 4.74 Å². The summed E-state index contributed by atoms with van der Waals surface area (Å²) in [7, 11) is 0. The monoisotopic (exact) mass is 271 g/mol. The highest BCUT2D eigenvalue weighted by Gasteiger charge is 2.23. The van der Waals surface area contributed by atoms with Crippen LogP contribution in [0.15, 0.2) is 36.8 Å². The number of allylic oxidation sites excluding steroid dienone is 2. The number of hydrogen-bond acceptors (Lipinski definition) is 2. The molecular weight excluding hydrogens is 248 g/mol. The second-order valence-corrected chi connectivity index (χ2v) is 5.10. The molecule has 1 aliphatic heterocycles. The Hall–Kier alpha value is -1.32. The highest BCUT2D eigenvalue weighted by Crippen LogP contribution is 2.28. The zero-order chi connectivity index (χ0) is 14.4. The van der Waals surface area contributed by atoms with Crippen molar-refractivity contribution in [2.45, 2.75) is 33.3 Å². The van der Waals surface area contributed by atoms with Crippen LogP contribution in [0.25, 0.3) is 0 Å². The summed E-state index contributed by atoms with van der Waals surface area (Å²) in [5.41, 5.74) is 0.609. The van der Waals surface area contributed by atoms with E-state index in [0.29, 0.717) is 17.5 Å². The number of hydrogen-bond donors (Lipinski definition) is 0. The van der Waals surface area contributed by atoms with Crippen LogP contribution in [0.3, 0.4) is 0 Å². The number of rotatable bonds is 6. The molecule has 1 saturated heterocycles. The van der Waals surface area contributed by atoms with Gasteiger partial charge in [0, 0.05) is 13.1 Å². The van der Waals surface area contributed by atoms with Gasteiger partial charge in [0.15, 0.2) is 0 Å². The van der Waals surface area contributed by atoms with Crippen molar-refractivity contribution >= 4 is 0 Å². The molecular formula is C15H23F2NO. The van der Waals surface area contributed by atoms with Gasteiger partial charge in [-0.2, -0.15) is 8.78 Å². The minimum atomic E-state index is -2.84. The van der Waals surface area contributed by atoms with Crippen molar-refractivity contribution < 1.29 is 13.5 Å². The number of halogens is 2. The van der Waals surface area contributed by atoms with Crippen LogP contribution in [-0.4, -0.2) is 24.6 Å². The van der Waals surface area contributed by atoms with Gasteiger partial charge in [-0.25, -0.2) is 0 Å². The van der Waals surface area contributed by atoms with Crippen molar-refractivity contribution in [2.75, 3.05) is 13.1 Å². The Morgan fingerprint density at radius 2 is 1.79 bits per heavy atom. The number of piperidine rings is 1. The van der Waals surface area contributed by atoms with Gasteiger partial charge < -0.3 is 9.64 Å². The third-order valence-corrected chi connectivity index (χ3v) is 3.67. The Kier molecular flexibility index (Phi) is 6.06. The summed E-state index contributed by atoms with van der Waals surface area (Å²) in [5.74, 6) is 1.47. The summed E-state index contributed by atoms with van der Waals surface area (Å²) < 4.78 is 29.2. The Balaban J connectivity index is 2.78. The van der Waals surface area contributed by atoms with E-state index in [2.05, 4.69) is 31.7 Å². The van der Waals surface area contributed by atoms with Crippen molar-refractivity contribution in [2.24, 2.45) is 11.8 Å². The molecule has 1 heterocycles. The molecule has 0 radical (unpaired) electrons. The van der Waals surface area contributed by atoms with E-state index in [1.165, 1.54) is 6.08 Å². The van der Waals surface area contributed by atoms with Crippen molar-refractivity contribution in [3.05, 3.63) is 36.8 Å². The number of likely N-dealkylation sites (tertiary alicyclic amines) is 1. The van der Waals surface area contributed by atoms with Crippen molar-refractivity contribution in [1.82, 2.24) is 4.90 Å². The standard InChI is InChI=1S/C15H23F2NO/c1-5-13(14(6-2)19-15(16)17)18-9-7-12(8-10-18)11(3)4/h5-6,11-12,15H,1-2,7-10H2,3-4H3/b14-13-. The summed E-state index contributed by atoms with van der Waals surface area (Å²) in [5, 5.41) is 0. The lowest BCUT2D eigenvalue weighted by Gasteiger charge is -2.36. The van der Waals surface area contributed by atoms with E-state index < -0.39 is 6.61 Å². The van der Waals surface area contributed by atoms with Crippen LogP contribution in [0.5, 0.6) is 0 Å². The van der Waals surface area contributed by atoms with Gasteiger partial charge in [-0.05, 0) is 36.8 Å². The van der Waals surface area contributed by atoms with E-state index in [9.17, 15) is 8.78 Å². The highest BCUT2D eigenvalue weighted by molar-refractivity contribution is 5.26. The van der Waals surface area contributed by atoms with E-state index >= 15 is 0 Å². The Bertz CT molecular complexity index is 342. The lowest BCUT2D eigenvalue weighted by atomic mass is 9.86. The van der Waals surface area contributed by atoms with Crippen LogP contribution in [0, 0.1) is 11.8 Å². The molecule has 0 aromatic rings. The molecule has 1 aliphatic rings. The first kappa shape index (κ1) is 15.7. The molecule has 2 nitrogen and oxygen atoms in total. The highest BCUT2D eigenvalue weighted by atomic mass is 19.3. The Labute approximate surface area is 114 Å². The molecule has 0 atom stereocenters. The molecule has 1 rings (SSSR count). The first-order chi connectivity index (χ1) is 8.99. The molecule has 0 aromatic carbocycles. The largest absolute Gasteiger partial charge is 0.433 e. The average Bonchev–Trinajstić information content (AvgIpc) is 2.38. The topological polar surface area (TPSA) is 12.5 Å². The summed E-state index contributed by atoms with van der Waals surface area (Å²) in [6, 6.07) is 0. The molecule has 0 saturated carbocycles. The van der Waals surface area contributed by atoms with Gasteiger partial charge in [-0.1, -0.05) is 27.0 Å². The third-order valence-electron chi connectivity index (χ3n) is 3.67. The number of nitrogens with zero attached hydrogens (tertiary/aromatic N) is 1. The van der Waals surface area contributed by atoms with E-state index in [1.54, 1.807) is 6.08 Å². The molecule has 1 fully saturated rings. The van der Waals surface area contributed by atoms with Crippen molar-refractivity contribution in [3.8, 4) is 0 Å². The van der Waals surface area contributed by atoms with Gasteiger partial charge in [0.2, 0.25) is 0 Å². The predicted octanol–water partition coefficient (Wildman–Crippen LogP) is 4.18. The average molecular weight is 271 g/mol. The normalized spacial score (nSPS) is 18.5. The summed E-state index contributed by atoms with van der Waals surface area (Å²) >= 11 is 0. The van der Waals surface area contributed by atoms with Gasteiger partial charge in [-0.15, -0.1) is 0 Å². The zero-order valence-electron chi connectivity index (χ0n) is 11.7. The van der Waals surface area contributed by atoms with Crippen molar-refractivity contribution in [1.29, 1.82) is 0 Å². The SMILES string of the molecule is C=C/C(OC(F)F)=C(\C=C)N1CCC(C(C)C)CC1. The molecule has 0 bridgehead atoms. The molecule has 19 heavy (non-hydrogen) atoms. The van der Waals surface area contributed by atoms with Crippen LogP contribution < -0.4 is 0 Å². The quantitative estimate of drug-likeness (QED) is 0.531. The van der Waals surface area contributed by atoms with Crippen LogP contribution >= 0.6 is 0 Å². The van der Waals surface area contributed by atoms with Gasteiger partial charge >= 0.3 is 6.61 Å². The Morgan fingerprint density at radius 1 is 1.21 bits per heavy atom. The minimum Gasteiger partial charge on any atom is -0.433 e.